The summed E-state index contributed by atoms with van der Waals surface area (Å²) in [6.45, 7) is 2.50. The van der Waals surface area contributed by atoms with Crippen LogP contribution in [0.5, 0.6) is 5.75 Å². The summed E-state index contributed by atoms with van der Waals surface area (Å²) in [4.78, 5) is 16.5. The third kappa shape index (κ3) is 3.04. The fraction of sp³-hybridized carbons (Fsp3) is 0.130. The number of anilines is 1. The van der Waals surface area contributed by atoms with Gasteiger partial charge >= 0.3 is 0 Å². The Kier molecular flexibility index (Phi) is 4.84. The summed E-state index contributed by atoms with van der Waals surface area (Å²) in [6.07, 6.45) is 1.88. The Morgan fingerprint density at radius 3 is 2.46 bits per heavy atom. The van der Waals surface area contributed by atoms with Crippen LogP contribution in [0, 0.1) is 0 Å². The number of carbonyl (C=O) groups is 1. The van der Waals surface area contributed by atoms with Gasteiger partial charge in [-0.15, -0.1) is 0 Å². The lowest BCUT2D eigenvalue weighted by molar-refractivity contribution is -0.114. The Morgan fingerprint density at radius 1 is 1.00 bits per heavy atom. The molecular formula is C23H20N2O2S. The van der Waals surface area contributed by atoms with Gasteiger partial charge in [0.25, 0.3) is 5.91 Å². The number of hydrogen-bond acceptors (Lipinski definition) is 3. The van der Waals surface area contributed by atoms with Gasteiger partial charge in [-0.3, -0.25) is 9.69 Å². The van der Waals surface area contributed by atoms with Gasteiger partial charge < -0.3 is 9.64 Å². The molecule has 1 amide bonds. The maximum atomic E-state index is 13.2. The topological polar surface area (TPSA) is 32.8 Å². The third-order valence-corrected chi connectivity index (χ3v) is 5.24. The Morgan fingerprint density at radius 2 is 1.71 bits per heavy atom. The van der Waals surface area contributed by atoms with Gasteiger partial charge in [-0.1, -0.05) is 48.5 Å². The molecule has 0 aliphatic carbocycles. The van der Waals surface area contributed by atoms with Crippen LogP contribution in [-0.2, 0) is 4.79 Å². The molecule has 1 heterocycles. The van der Waals surface area contributed by atoms with Crippen molar-refractivity contribution in [2.75, 3.05) is 18.6 Å². The highest BCUT2D eigenvalue weighted by molar-refractivity contribution is 7.80. The van der Waals surface area contributed by atoms with Crippen LogP contribution in [0.15, 0.2) is 72.4 Å². The van der Waals surface area contributed by atoms with E-state index in [1.165, 1.54) is 0 Å². The summed E-state index contributed by atoms with van der Waals surface area (Å²) in [5, 5.41) is 2.58. The molecule has 28 heavy (non-hydrogen) atoms. The lowest BCUT2D eigenvalue weighted by Gasteiger charge is -2.16. The van der Waals surface area contributed by atoms with Crippen molar-refractivity contribution < 1.29 is 9.53 Å². The van der Waals surface area contributed by atoms with Gasteiger partial charge in [0, 0.05) is 12.6 Å². The first-order chi connectivity index (χ1) is 13.6. The van der Waals surface area contributed by atoms with Crippen LogP contribution in [0.4, 0.5) is 5.69 Å². The monoisotopic (exact) mass is 388 g/mol. The molecule has 3 aromatic rings. The van der Waals surface area contributed by atoms with Gasteiger partial charge in [-0.2, -0.15) is 0 Å². The first kappa shape index (κ1) is 18.2. The summed E-state index contributed by atoms with van der Waals surface area (Å²) >= 11 is 5.55. The number of benzene rings is 3. The molecule has 0 aromatic heterocycles. The summed E-state index contributed by atoms with van der Waals surface area (Å²) in [5.41, 5.74) is 2.16. The Bertz CT molecular complexity index is 1090. The number of thiocarbonyl (C=S) groups is 1. The van der Waals surface area contributed by atoms with Gasteiger partial charge in [-0.25, -0.2) is 0 Å². The maximum Gasteiger partial charge on any atom is 0.281 e. The zero-order chi connectivity index (χ0) is 19.7. The highest BCUT2D eigenvalue weighted by Gasteiger charge is 2.37. The lowest BCUT2D eigenvalue weighted by atomic mass is 10.0. The van der Waals surface area contributed by atoms with E-state index in [1.54, 1.807) is 9.80 Å². The largest absolute Gasteiger partial charge is 0.493 e. The number of carbonyl (C=O) groups excluding carboxylic acids is 1. The van der Waals surface area contributed by atoms with E-state index in [-0.39, 0.29) is 5.91 Å². The molecule has 0 saturated carbocycles. The molecule has 1 saturated heterocycles. The molecule has 4 rings (SSSR count). The molecule has 0 bridgehead atoms. The van der Waals surface area contributed by atoms with Crippen LogP contribution in [0.25, 0.3) is 16.8 Å². The fourth-order valence-corrected chi connectivity index (χ4v) is 3.69. The van der Waals surface area contributed by atoms with Crippen molar-refractivity contribution in [2.24, 2.45) is 0 Å². The second kappa shape index (κ2) is 7.44. The molecule has 0 unspecified atom stereocenters. The van der Waals surface area contributed by atoms with E-state index < -0.39 is 0 Å². The standard InChI is InChI=1S/C23H20N2O2S/c1-3-27-21-14-13-16-9-7-8-12-18(16)19(21)15-20-22(26)25(23(28)24(20)2)17-10-5-4-6-11-17/h4-15H,3H2,1-2H3/b20-15+. The molecule has 1 aliphatic heterocycles. The van der Waals surface area contributed by atoms with E-state index in [0.717, 1.165) is 27.8 Å². The number of nitrogens with zero attached hydrogens (tertiary/aromatic N) is 2. The minimum absolute atomic E-state index is 0.144. The highest BCUT2D eigenvalue weighted by Crippen LogP contribution is 2.33. The van der Waals surface area contributed by atoms with Crippen molar-refractivity contribution in [3.8, 4) is 5.75 Å². The van der Waals surface area contributed by atoms with Crippen LogP contribution in [-0.4, -0.2) is 29.6 Å². The van der Waals surface area contributed by atoms with E-state index >= 15 is 0 Å². The normalized spacial score (nSPS) is 15.7. The number of fused-ring (bicyclic) bond motifs is 1. The van der Waals surface area contributed by atoms with Gasteiger partial charge in [0.05, 0.1) is 12.3 Å². The van der Waals surface area contributed by atoms with Crippen LogP contribution in [0.2, 0.25) is 0 Å². The van der Waals surface area contributed by atoms with Gasteiger partial charge in [0.15, 0.2) is 5.11 Å². The van der Waals surface area contributed by atoms with Crippen LogP contribution < -0.4 is 9.64 Å². The van der Waals surface area contributed by atoms with Crippen LogP contribution in [0.3, 0.4) is 0 Å². The molecule has 0 atom stereocenters. The molecule has 5 heteroatoms. The Balaban J connectivity index is 1.86. The van der Waals surface area contributed by atoms with Crippen molar-refractivity contribution in [3.63, 3.8) is 0 Å². The first-order valence-electron chi connectivity index (χ1n) is 9.15. The minimum Gasteiger partial charge on any atom is -0.493 e. The Hall–Kier alpha value is -3.18. The molecule has 0 N–H and O–H groups in total. The molecule has 4 nitrogen and oxygen atoms in total. The summed E-state index contributed by atoms with van der Waals surface area (Å²) < 4.78 is 5.84. The van der Waals surface area contributed by atoms with Crippen molar-refractivity contribution in [1.29, 1.82) is 0 Å². The lowest BCUT2D eigenvalue weighted by Crippen LogP contribution is -2.30. The summed E-state index contributed by atoms with van der Waals surface area (Å²) in [7, 11) is 1.82. The average Bonchev–Trinajstić information content (AvgIpc) is 2.93. The average molecular weight is 388 g/mol. The predicted molar refractivity (Wildman–Crippen MR) is 117 cm³/mol. The van der Waals surface area contributed by atoms with Gasteiger partial charge in [0.2, 0.25) is 0 Å². The van der Waals surface area contributed by atoms with E-state index in [4.69, 9.17) is 17.0 Å². The van der Waals surface area contributed by atoms with Crippen LogP contribution in [0.1, 0.15) is 12.5 Å². The summed E-state index contributed by atoms with van der Waals surface area (Å²) in [5.74, 6) is 0.605. The molecule has 1 fully saturated rings. The van der Waals surface area contributed by atoms with Crippen molar-refractivity contribution in [3.05, 3.63) is 78.0 Å². The quantitative estimate of drug-likeness (QED) is 0.473. The molecular weight excluding hydrogens is 368 g/mol. The number of rotatable bonds is 4. The molecule has 3 aromatic carbocycles. The fourth-order valence-electron chi connectivity index (χ4n) is 3.40. The molecule has 0 spiro atoms. The zero-order valence-electron chi connectivity index (χ0n) is 15.8. The molecule has 140 valence electrons. The SMILES string of the molecule is CCOc1ccc2ccccc2c1/C=C1\C(=O)N(c2ccccc2)C(=S)N1C. The van der Waals surface area contributed by atoms with E-state index in [9.17, 15) is 4.79 Å². The minimum atomic E-state index is -0.144. The smallest absolute Gasteiger partial charge is 0.281 e. The number of likely N-dealkylation sites (N-methyl/N-ethyl adjacent to an activating group) is 1. The zero-order valence-corrected chi connectivity index (χ0v) is 16.6. The number of ether oxygens (including phenoxy) is 1. The van der Waals surface area contributed by atoms with Gasteiger partial charge in [-0.05, 0) is 54.2 Å². The van der Waals surface area contributed by atoms with Crippen molar-refractivity contribution in [2.45, 2.75) is 6.92 Å². The number of amides is 1. The van der Waals surface area contributed by atoms with Crippen molar-refractivity contribution >= 4 is 45.8 Å². The number of para-hydroxylation sites is 1. The predicted octanol–water partition coefficient (Wildman–Crippen LogP) is 4.84. The second-order valence-electron chi connectivity index (χ2n) is 6.48. The summed E-state index contributed by atoms with van der Waals surface area (Å²) in [6, 6.07) is 21.5. The van der Waals surface area contributed by atoms with E-state index in [0.29, 0.717) is 17.4 Å². The van der Waals surface area contributed by atoms with Crippen molar-refractivity contribution in [1.82, 2.24) is 4.90 Å². The molecule has 0 radical (unpaired) electrons. The maximum absolute atomic E-state index is 13.2. The van der Waals surface area contributed by atoms with E-state index in [2.05, 4.69) is 0 Å². The first-order valence-corrected chi connectivity index (χ1v) is 9.56. The number of hydrogen-bond donors (Lipinski definition) is 0. The van der Waals surface area contributed by atoms with E-state index in [1.807, 2.05) is 86.8 Å². The van der Waals surface area contributed by atoms with Gasteiger partial charge in [0.1, 0.15) is 11.4 Å². The third-order valence-electron chi connectivity index (χ3n) is 4.79. The van der Waals surface area contributed by atoms with Crippen LogP contribution >= 0.6 is 12.2 Å². The molecule has 1 aliphatic rings. The second-order valence-corrected chi connectivity index (χ2v) is 6.84. The Labute approximate surface area is 169 Å². The highest BCUT2D eigenvalue weighted by atomic mass is 32.1.